The second-order valence-electron chi connectivity index (χ2n) is 5.35. The van der Waals surface area contributed by atoms with Crippen molar-refractivity contribution >= 4 is 40.0 Å². The molecule has 0 radical (unpaired) electrons. The van der Waals surface area contributed by atoms with E-state index in [1.807, 2.05) is 0 Å². The third-order valence-corrected chi connectivity index (χ3v) is 5.57. The lowest BCUT2D eigenvalue weighted by Crippen LogP contribution is -2.34. The van der Waals surface area contributed by atoms with E-state index < -0.39 is 0 Å². The lowest BCUT2D eigenvalue weighted by molar-refractivity contribution is -0.130. The Bertz CT molecular complexity index is 544. The van der Waals surface area contributed by atoms with Gasteiger partial charge in [-0.15, -0.1) is 23.1 Å². The largest absolute Gasteiger partial charge is 0.323 e. The van der Waals surface area contributed by atoms with Gasteiger partial charge >= 0.3 is 0 Å². The average Bonchev–Trinajstić information content (AvgIpc) is 2.95. The van der Waals surface area contributed by atoms with E-state index in [0.717, 1.165) is 18.5 Å². The van der Waals surface area contributed by atoms with Crippen molar-refractivity contribution in [2.75, 3.05) is 23.5 Å². The van der Waals surface area contributed by atoms with E-state index in [1.54, 1.807) is 28.0 Å². The zero-order valence-corrected chi connectivity index (χ0v) is 13.0. The molecule has 1 aromatic heterocycles. The Morgan fingerprint density at radius 1 is 1.55 bits per heavy atom. The summed E-state index contributed by atoms with van der Waals surface area (Å²) in [6.07, 6.45) is 3.23. The maximum Gasteiger partial charge on any atom is 0.245 e. The van der Waals surface area contributed by atoms with Crippen molar-refractivity contribution in [2.24, 2.45) is 5.92 Å². The fourth-order valence-corrected chi connectivity index (χ4v) is 4.56. The van der Waals surface area contributed by atoms with Gasteiger partial charge in [-0.05, 0) is 25.2 Å². The van der Waals surface area contributed by atoms with E-state index in [4.69, 9.17) is 0 Å². The molecule has 0 saturated carbocycles. The van der Waals surface area contributed by atoms with Gasteiger partial charge in [-0.2, -0.15) is 0 Å². The normalized spacial score (nSPS) is 21.9. The van der Waals surface area contributed by atoms with Crippen molar-refractivity contribution in [1.82, 2.24) is 9.88 Å². The highest BCUT2D eigenvalue weighted by atomic mass is 32.2. The predicted molar refractivity (Wildman–Crippen MR) is 81.0 cm³/mol. The van der Waals surface area contributed by atoms with Crippen LogP contribution in [0.15, 0.2) is 0 Å². The second-order valence-corrected chi connectivity index (χ2v) is 7.39. The first-order valence-corrected chi connectivity index (χ1v) is 8.73. The summed E-state index contributed by atoms with van der Waals surface area (Å²) in [7, 11) is 0. The number of aromatic nitrogens is 1. The molecule has 2 amide bonds. The summed E-state index contributed by atoms with van der Waals surface area (Å²) in [4.78, 5) is 30.8. The number of rotatable bonds is 3. The van der Waals surface area contributed by atoms with Gasteiger partial charge in [0.1, 0.15) is 6.54 Å². The number of hydrogen-bond donors (Lipinski definition) is 1. The molecule has 2 heterocycles. The first kappa shape index (κ1) is 13.9. The van der Waals surface area contributed by atoms with Crippen molar-refractivity contribution in [2.45, 2.75) is 26.2 Å². The Labute approximate surface area is 126 Å². The highest BCUT2D eigenvalue weighted by molar-refractivity contribution is 8.00. The number of carbonyl (C=O) groups is 2. The predicted octanol–water partition coefficient (Wildman–Crippen LogP) is 1.74. The van der Waals surface area contributed by atoms with Gasteiger partial charge in [0.15, 0.2) is 5.13 Å². The summed E-state index contributed by atoms with van der Waals surface area (Å²) in [5, 5.41) is 3.50. The van der Waals surface area contributed by atoms with Crippen LogP contribution < -0.4 is 5.32 Å². The first-order valence-electron chi connectivity index (χ1n) is 6.76. The van der Waals surface area contributed by atoms with Gasteiger partial charge in [0.25, 0.3) is 0 Å². The van der Waals surface area contributed by atoms with Gasteiger partial charge in [-0.25, -0.2) is 4.98 Å². The number of anilines is 1. The Morgan fingerprint density at radius 3 is 3.15 bits per heavy atom. The van der Waals surface area contributed by atoms with Crippen LogP contribution in [0.4, 0.5) is 5.13 Å². The minimum Gasteiger partial charge on any atom is -0.323 e. The van der Waals surface area contributed by atoms with Crippen molar-refractivity contribution in [3.63, 3.8) is 0 Å². The molecule has 1 fully saturated rings. The van der Waals surface area contributed by atoms with E-state index in [9.17, 15) is 9.59 Å². The number of thiazole rings is 1. The molecule has 1 saturated heterocycles. The number of thioether (sulfide) groups is 1. The van der Waals surface area contributed by atoms with E-state index in [-0.39, 0.29) is 18.4 Å². The molecule has 108 valence electrons. The summed E-state index contributed by atoms with van der Waals surface area (Å²) in [6, 6.07) is 0. The van der Waals surface area contributed by atoms with E-state index in [0.29, 0.717) is 22.7 Å². The van der Waals surface area contributed by atoms with Crippen molar-refractivity contribution in [3.05, 3.63) is 10.6 Å². The first-order chi connectivity index (χ1) is 9.61. The van der Waals surface area contributed by atoms with Gasteiger partial charge in [-0.1, -0.05) is 6.92 Å². The number of nitrogens with one attached hydrogen (secondary N) is 1. The number of aryl methyl sites for hydroxylation is 1. The molecule has 1 aliphatic carbocycles. The lowest BCUT2D eigenvalue weighted by Gasteiger charge is -2.15. The van der Waals surface area contributed by atoms with Crippen LogP contribution in [0, 0.1) is 5.92 Å². The highest BCUT2D eigenvalue weighted by Crippen LogP contribution is 2.32. The summed E-state index contributed by atoms with van der Waals surface area (Å²) in [5.74, 6) is 1.68. The fraction of sp³-hybridized carbons (Fsp3) is 0.615. The molecule has 3 rings (SSSR count). The molecule has 20 heavy (non-hydrogen) atoms. The third-order valence-electron chi connectivity index (χ3n) is 3.59. The van der Waals surface area contributed by atoms with Crippen LogP contribution in [-0.4, -0.2) is 39.9 Å². The van der Waals surface area contributed by atoms with Crippen LogP contribution in [0.3, 0.4) is 0 Å². The fourth-order valence-electron chi connectivity index (χ4n) is 2.47. The molecule has 0 aromatic carbocycles. The van der Waals surface area contributed by atoms with Crippen LogP contribution in [0.5, 0.6) is 0 Å². The summed E-state index contributed by atoms with van der Waals surface area (Å²) in [5.41, 5.74) is 1.14. The SMILES string of the molecule is CC1CCc2nc(NC(=O)CN3CSCC3=O)sc2C1. The zero-order chi connectivity index (χ0) is 14.1. The Kier molecular flexibility index (Phi) is 3.98. The van der Waals surface area contributed by atoms with Crippen LogP contribution >= 0.6 is 23.1 Å². The quantitative estimate of drug-likeness (QED) is 0.923. The molecule has 1 aromatic rings. The molecule has 1 unspecified atom stereocenters. The van der Waals surface area contributed by atoms with Crippen LogP contribution in [0.1, 0.15) is 23.9 Å². The van der Waals surface area contributed by atoms with E-state index in [1.165, 1.54) is 11.3 Å². The minimum atomic E-state index is -0.153. The van der Waals surface area contributed by atoms with Crippen molar-refractivity contribution in [1.29, 1.82) is 0 Å². The molecule has 1 N–H and O–H groups in total. The molecule has 1 atom stereocenters. The van der Waals surface area contributed by atoms with Crippen LogP contribution in [0.2, 0.25) is 0 Å². The zero-order valence-electron chi connectivity index (χ0n) is 11.3. The minimum absolute atomic E-state index is 0.0393. The second kappa shape index (κ2) is 5.73. The molecule has 2 aliphatic rings. The molecule has 1 aliphatic heterocycles. The van der Waals surface area contributed by atoms with Gasteiger partial charge in [0.05, 0.1) is 17.3 Å². The molecule has 0 bridgehead atoms. The topological polar surface area (TPSA) is 62.3 Å². The van der Waals surface area contributed by atoms with Crippen LogP contribution in [-0.2, 0) is 22.4 Å². The maximum atomic E-state index is 11.9. The average molecular weight is 311 g/mol. The number of nitrogens with zero attached hydrogens (tertiary/aromatic N) is 2. The lowest BCUT2D eigenvalue weighted by atomic mass is 9.93. The van der Waals surface area contributed by atoms with E-state index >= 15 is 0 Å². The molecule has 7 heteroatoms. The maximum absolute atomic E-state index is 11.9. The molecular formula is C13H17N3O2S2. The van der Waals surface area contributed by atoms with Crippen molar-refractivity contribution in [3.8, 4) is 0 Å². The molecule has 0 spiro atoms. The smallest absolute Gasteiger partial charge is 0.245 e. The Balaban J connectivity index is 1.60. The summed E-state index contributed by atoms with van der Waals surface area (Å²) in [6.45, 7) is 2.38. The number of fused-ring (bicyclic) bond motifs is 1. The number of carbonyl (C=O) groups excluding carboxylic acids is 2. The monoisotopic (exact) mass is 311 g/mol. The number of hydrogen-bond acceptors (Lipinski definition) is 5. The van der Waals surface area contributed by atoms with Crippen molar-refractivity contribution < 1.29 is 9.59 Å². The molecular weight excluding hydrogens is 294 g/mol. The Morgan fingerprint density at radius 2 is 2.40 bits per heavy atom. The Hall–Kier alpha value is -1.08. The van der Waals surface area contributed by atoms with Gasteiger partial charge in [-0.3, -0.25) is 9.59 Å². The van der Waals surface area contributed by atoms with Gasteiger partial charge < -0.3 is 10.2 Å². The third kappa shape index (κ3) is 2.98. The summed E-state index contributed by atoms with van der Waals surface area (Å²) < 4.78 is 0. The van der Waals surface area contributed by atoms with Crippen LogP contribution in [0.25, 0.3) is 0 Å². The van der Waals surface area contributed by atoms with Gasteiger partial charge in [0.2, 0.25) is 11.8 Å². The van der Waals surface area contributed by atoms with Gasteiger partial charge in [0, 0.05) is 4.88 Å². The highest BCUT2D eigenvalue weighted by Gasteiger charge is 2.24. The summed E-state index contributed by atoms with van der Waals surface area (Å²) >= 11 is 3.12. The standard InChI is InChI=1S/C13H17N3O2S2/c1-8-2-3-9-10(4-8)20-13(14-9)15-11(17)5-16-7-19-6-12(16)18/h8H,2-7H2,1H3,(H,14,15,17). The van der Waals surface area contributed by atoms with E-state index in [2.05, 4.69) is 17.2 Å². The number of amides is 2. The molecule has 5 nitrogen and oxygen atoms in total.